The van der Waals surface area contributed by atoms with Crippen molar-refractivity contribution in [1.82, 2.24) is 9.72 Å². The Morgan fingerprint density at radius 3 is 2.51 bits per heavy atom. The number of hydrogen-bond acceptors (Lipinski definition) is 4. The molecule has 0 atom stereocenters. The summed E-state index contributed by atoms with van der Waals surface area (Å²) in [5, 5.41) is 15.9. The lowest BCUT2D eigenvalue weighted by atomic mass is 9.60. The van der Waals surface area contributed by atoms with Crippen LogP contribution in [0.4, 0.5) is 5.69 Å². The first kappa shape index (κ1) is 24.8. The van der Waals surface area contributed by atoms with Gasteiger partial charge in [-0.05, 0) is 80.3 Å². The highest BCUT2D eigenvalue weighted by Crippen LogP contribution is 2.54. The Labute approximate surface area is 236 Å². The monoisotopic (exact) mass is 561 g/mol. The summed E-state index contributed by atoms with van der Waals surface area (Å²) in [5.74, 6) is 0.510. The topological polar surface area (TPSA) is 71.5 Å². The number of carboxylic acids is 1. The van der Waals surface area contributed by atoms with Crippen LogP contribution in [0.2, 0.25) is 10.0 Å². The van der Waals surface area contributed by atoms with E-state index >= 15 is 0 Å². The first-order valence-electron chi connectivity index (χ1n) is 13.5. The number of benzene rings is 2. The summed E-state index contributed by atoms with van der Waals surface area (Å²) in [5.41, 5.74) is 6.78. The maximum Gasteiger partial charge on any atom is 0.337 e. The van der Waals surface area contributed by atoms with E-state index in [9.17, 15) is 9.90 Å². The third kappa shape index (κ3) is 4.25. The van der Waals surface area contributed by atoms with Crippen LogP contribution in [0, 0.1) is 5.41 Å². The van der Waals surface area contributed by atoms with Crippen molar-refractivity contribution in [3.8, 4) is 11.3 Å². The average molecular weight is 562 g/mol. The maximum absolute atomic E-state index is 11.6. The number of allylic oxidation sites excluding steroid dienone is 1. The molecule has 2 saturated carbocycles. The van der Waals surface area contributed by atoms with Crippen LogP contribution in [-0.4, -0.2) is 33.9 Å². The van der Waals surface area contributed by atoms with E-state index in [1.807, 2.05) is 35.9 Å². The molecule has 2 aromatic heterocycles. The Morgan fingerprint density at radius 2 is 1.85 bits per heavy atom. The van der Waals surface area contributed by atoms with E-state index in [4.69, 9.17) is 27.7 Å². The third-order valence-electron chi connectivity index (χ3n) is 8.85. The molecule has 2 aromatic carbocycles. The summed E-state index contributed by atoms with van der Waals surface area (Å²) in [6.07, 6.45) is 10.7. The molecule has 200 valence electrons. The molecule has 1 saturated heterocycles. The van der Waals surface area contributed by atoms with Gasteiger partial charge in [-0.15, -0.1) is 0 Å². The summed E-state index contributed by atoms with van der Waals surface area (Å²) in [4.78, 5) is 14.0. The van der Waals surface area contributed by atoms with E-state index in [-0.39, 0.29) is 0 Å². The Morgan fingerprint density at radius 1 is 1.13 bits per heavy atom. The van der Waals surface area contributed by atoms with Crippen molar-refractivity contribution >= 4 is 51.8 Å². The second kappa shape index (κ2) is 9.17. The van der Waals surface area contributed by atoms with Crippen LogP contribution in [-0.2, 0) is 7.05 Å². The number of aromatic nitrogens is 2. The molecule has 0 unspecified atom stereocenters. The maximum atomic E-state index is 11.6. The van der Waals surface area contributed by atoms with E-state index in [0.29, 0.717) is 26.9 Å². The van der Waals surface area contributed by atoms with Gasteiger partial charge < -0.3 is 19.1 Å². The number of carboxylic acid groups (broad SMARTS) is 1. The Hall–Kier alpha value is -3.22. The molecule has 1 N–H and O–H groups in total. The number of aromatic carboxylic acids is 1. The summed E-state index contributed by atoms with van der Waals surface area (Å²) >= 11 is 13.1. The number of piperidine rings is 1. The Balaban J connectivity index is 1.09. The van der Waals surface area contributed by atoms with Gasteiger partial charge in [0.1, 0.15) is 11.5 Å². The number of nitrogens with zero attached hydrogens (tertiary/aromatic N) is 3. The van der Waals surface area contributed by atoms with E-state index in [1.54, 1.807) is 6.20 Å². The van der Waals surface area contributed by atoms with Gasteiger partial charge in [-0.2, -0.15) is 0 Å². The van der Waals surface area contributed by atoms with Crippen molar-refractivity contribution in [2.24, 2.45) is 12.5 Å². The number of halogens is 2. The minimum Gasteiger partial charge on any atom is -0.478 e. The van der Waals surface area contributed by atoms with Gasteiger partial charge in [0.05, 0.1) is 21.1 Å². The van der Waals surface area contributed by atoms with Gasteiger partial charge >= 0.3 is 5.97 Å². The average Bonchev–Trinajstić information content (AvgIpc) is 3.58. The normalized spacial score (nSPS) is 18.5. The van der Waals surface area contributed by atoms with E-state index < -0.39 is 5.97 Å². The molecule has 0 bridgehead atoms. The number of aryl methyl sites for hydroxylation is 1. The highest BCUT2D eigenvalue weighted by Gasteiger charge is 2.43. The molecule has 8 heteroatoms. The summed E-state index contributed by atoms with van der Waals surface area (Å²) in [6, 6.07) is 11.7. The van der Waals surface area contributed by atoms with Crippen molar-refractivity contribution in [3.63, 3.8) is 0 Å². The van der Waals surface area contributed by atoms with Gasteiger partial charge in [0.15, 0.2) is 0 Å². The molecule has 3 aliphatic rings. The molecule has 4 aromatic rings. The number of anilines is 1. The minimum absolute atomic E-state index is 0.340. The summed E-state index contributed by atoms with van der Waals surface area (Å²) in [7, 11) is 1.90. The van der Waals surface area contributed by atoms with Crippen molar-refractivity contribution in [2.45, 2.75) is 44.4 Å². The zero-order chi connectivity index (χ0) is 26.9. The van der Waals surface area contributed by atoms with E-state index in [2.05, 4.69) is 28.3 Å². The zero-order valence-corrected chi connectivity index (χ0v) is 23.2. The third-order valence-corrected chi connectivity index (χ3v) is 9.48. The van der Waals surface area contributed by atoms with Crippen LogP contribution in [0.15, 0.2) is 52.7 Å². The fraction of sp³-hybridized carbons (Fsp3) is 0.355. The highest BCUT2D eigenvalue weighted by atomic mass is 35.5. The SMILES string of the molecule is Cn1cc(C(=O)O)c2ccc(N3CCC4(CC3)CC(=Cc3c(-c5c(Cl)cccc5Cl)noc3C3CC3)C4)cc21. The first-order chi connectivity index (χ1) is 18.8. The smallest absolute Gasteiger partial charge is 0.337 e. The van der Waals surface area contributed by atoms with Gasteiger partial charge in [-0.1, -0.05) is 40.0 Å². The number of hydrogen-bond donors (Lipinski definition) is 1. The molecule has 1 aliphatic heterocycles. The molecule has 3 heterocycles. The fourth-order valence-electron chi connectivity index (χ4n) is 6.54. The molecular formula is C31H29Cl2N3O3. The first-order valence-corrected chi connectivity index (χ1v) is 14.3. The quantitative estimate of drug-likeness (QED) is 0.266. The lowest BCUT2D eigenvalue weighted by Gasteiger charge is -2.50. The predicted octanol–water partition coefficient (Wildman–Crippen LogP) is 8.18. The fourth-order valence-corrected chi connectivity index (χ4v) is 7.12. The van der Waals surface area contributed by atoms with Gasteiger partial charge in [0.2, 0.25) is 0 Å². The minimum atomic E-state index is -0.889. The molecule has 3 fully saturated rings. The van der Waals surface area contributed by atoms with Crippen LogP contribution in [0.5, 0.6) is 0 Å². The molecular weight excluding hydrogens is 533 g/mol. The standard InChI is InChI=1S/C31H29Cl2N3O3/c1-35-17-23(30(37)38)21-8-7-20(14-26(21)35)36-11-9-31(10-12-36)15-18(16-31)13-22-28(34-39-29(22)19-5-6-19)27-24(32)3-2-4-25(27)33/h2-4,7-8,13-14,17,19H,5-6,9-12,15-16H2,1H3,(H,37,38). The van der Waals surface area contributed by atoms with Crippen LogP contribution >= 0.6 is 23.2 Å². The molecule has 0 radical (unpaired) electrons. The molecule has 39 heavy (non-hydrogen) atoms. The van der Waals surface area contributed by atoms with Crippen molar-refractivity contribution in [2.75, 3.05) is 18.0 Å². The van der Waals surface area contributed by atoms with Crippen molar-refractivity contribution in [3.05, 3.63) is 75.1 Å². The zero-order valence-electron chi connectivity index (χ0n) is 21.7. The summed E-state index contributed by atoms with van der Waals surface area (Å²) < 4.78 is 7.76. The molecule has 6 nitrogen and oxygen atoms in total. The lowest BCUT2D eigenvalue weighted by molar-refractivity contribution is 0.0699. The second-order valence-electron chi connectivity index (χ2n) is 11.5. The van der Waals surface area contributed by atoms with E-state index in [1.165, 1.54) is 5.57 Å². The Bertz CT molecular complexity index is 1620. The molecule has 2 aliphatic carbocycles. The number of carbonyl (C=O) groups is 1. The predicted molar refractivity (Wildman–Crippen MR) is 155 cm³/mol. The van der Waals surface area contributed by atoms with Gasteiger partial charge in [-0.25, -0.2) is 4.79 Å². The van der Waals surface area contributed by atoms with Crippen LogP contribution in [0.3, 0.4) is 0 Å². The van der Waals surface area contributed by atoms with Gasteiger partial charge in [-0.3, -0.25) is 0 Å². The molecule has 1 spiro atoms. The van der Waals surface area contributed by atoms with Crippen LogP contribution in [0.1, 0.15) is 66.1 Å². The highest BCUT2D eigenvalue weighted by molar-refractivity contribution is 6.39. The lowest BCUT2D eigenvalue weighted by Crippen LogP contribution is -2.44. The second-order valence-corrected chi connectivity index (χ2v) is 12.3. The van der Waals surface area contributed by atoms with Crippen LogP contribution < -0.4 is 4.90 Å². The number of fused-ring (bicyclic) bond motifs is 1. The van der Waals surface area contributed by atoms with Crippen molar-refractivity contribution in [1.29, 1.82) is 0 Å². The van der Waals surface area contributed by atoms with Crippen LogP contribution in [0.25, 0.3) is 28.2 Å². The van der Waals surface area contributed by atoms with E-state index in [0.717, 1.165) is 90.8 Å². The van der Waals surface area contributed by atoms with Gasteiger partial charge in [0.25, 0.3) is 0 Å². The summed E-state index contributed by atoms with van der Waals surface area (Å²) in [6.45, 7) is 1.99. The van der Waals surface area contributed by atoms with Crippen molar-refractivity contribution < 1.29 is 14.4 Å². The molecule has 7 rings (SSSR count). The number of rotatable bonds is 5. The largest absolute Gasteiger partial charge is 0.478 e. The van der Waals surface area contributed by atoms with Gasteiger partial charge in [0, 0.05) is 54.5 Å². The molecule has 0 amide bonds. The Kier molecular flexibility index (Phi) is 5.83.